The average Bonchev–Trinajstić information content (AvgIpc) is 2.83. The number of benzene rings is 2. The molecule has 34 heavy (non-hydrogen) atoms. The lowest BCUT2D eigenvalue weighted by Gasteiger charge is -2.29. The van der Waals surface area contributed by atoms with E-state index in [9.17, 15) is 18.0 Å². The van der Waals surface area contributed by atoms with Gasteiger partial charge in [-0.05, 0) is 43.2 Å². The molecular formula is C24H33N3O6S. The van der Waals surface area contributed by atoms with Gasteiger partial charge in [0.2, 0.25) is 21.8 Å². The topological polar surface area (TPSA) is 105 Å². The van der Waals surface area contributed by atoms with E-state index in [1.807, 2.05) is 12.1 Å². The second kappa shape index (κ2) is 12.3. The van der Waals surface area contributed by atoms with Crippen molar-refractivity contribution in [2.45, 2.75) is 32.4 Å². The third kappa shape index (κ3) is 7.38. The highest BCUT2D eigenvalue weighted by atomic mass is 32.2. The number of carbonyl (C=O) groups excluding carboxylic acids is 2. The van der Waals surface area contributed by atoms with Gasteiger partial charge in [-0.3, -0.25) is 13.9 Å². The van der Waals surface area contributed by atoms with Crippen LogP contribution in [-0.4, -0.2) is 65.2 Å². The van der Waals surface area contributed by atoms with Crippen molar-refractivity contribution in [2.24, 2.45) is 0 Å². The van der Waals surface area contributed by atoms with Gasteiger partial charge in [0.1, 0.15) is 17.5 Å². The predicted octanol–water partition coefficient (Wildman–Crippen LogP) is 2.41. The van der Waals surface area contributed by atoms with Gasteiger partial charge in [-0.25, -0.2) is 8.42 Å². The van der Waals surface area contributed by atoms with Crippen LogP contribution < -0.4 is 19.1 Å². The van der Waals surface area contributed by atoms with Crippen molar-refractivity contribution < 1.29 is 27.5 Å². The molecule has 0 aliphatic heterocycles. The van der Waals surface area contributed by atoms with Crippen molar-refractivity contribution in [1.82, 2.24) is 10.2 Å². The van der Waals surface area contributed by atoms with Crippen molar-refractivity contribution >= 4 is 27.5 Å². The lowest BCUT2D eigenvalue weighted by Crippen LogP contribution is -2.46. The van der Waals surface area contributed by atoms with Gasteiger partial charge in [-0.15, -0.1) is 0 Å². The minimum absolute atomic E-state index is 0.0769. The Morgan fingerprint density at radius 3 is 2.24 bits per heavy atom. The van der Waals surface area contributed by atoms with E-state index in [4.69, 9.17) is 9.47 Å². The van der Waals surface area contributed by atoms with Crippen molar-refractivity contribution in [3.05, 3.63) is 54.1 Å². The first kappa shape index (κ1) is 27.0. The van der Waals surface area contributed by atoms with E-state index in [0.717, 1.165) is 11.8 Å². The molecule has 0 fully saturated rings. The highest BCUT2D eigenvalue weighted by molar-refractivity contribution is 7.92. The van der Waals surface area contributed by atoms with Crippen molar-refractivity contribution in [3.63, 3.8) is 0 Å². The van der Waals surface area contributed by atoms with Crippen LogP contribution in [0.1, 0.15) is 25.3 Å². The Morgan fingerprint density at radius 1 is 1.03 bits per heavy atom. The summed E-state index contributed by atoms with van der Waals surface area (Å²) in [6.45, 7) is 2.02. The van der Waals surface area contributed by atoms with E-state index >= 15 is 0 Å². The Morgan fingerprint density at radius 2 is 1.68 bits per heavy atom. The number of carbonyl (C=O) groups is 2. The summed E-state index contributed by atoms with van der Waals surface area (Å²) in [5.74, 6) is 0.702. The van der Waals surface area contributed by atoms with Crippen LogP contribution in [0.5, 0.6) is 11.5 Å². The van der Waals surface area contributed by atoms with E-state index in [0.29, 0.717) is 17.2 Å². The fourth-order valence-electron chi connectivity index (χ4n) is 3.49. The molecule has 2 amide bonds. The number of rotatable bonds is 12. The van der Waals surface area contributed by atoms with Gasteiger partial charge in [0.05, 0.1) is 26.2 Å². The third-order valence-corrected chi connectivity index (χ3v) is 6.61. The Kier molecular flexibility index (Phi) is 9.73. The molecule has 0 saturated carbocycles. The van der Waals surface area contributed by atoms with Crippen molar-refractivity contribution in [1.29, 1.82) is 0 Å². The maximum Gasteiger partial charge on any atom is 0.242 e. The fraction of sp³-hybridized carbons (Fsp3) is 0.417. The van der Waals surface area contributed by atoms with Crippen LogP contribution >= 0.6 is 0 Å². The van der Waals surface area contributed by atoms with Gasteiger partial charge in [-0.2, -0.15) is 0 Å². The zero-order chi connectivity index (χ0) is 25.3. The predicted molar refractivity (Wildman–Crippen MR) is 131 cm³/mol. The average molecular weight is 492 g/mol. The van der Waals surface area contributed by atoms with Crippen LogP contribution in [0.15, 0.2) is 48.5 Å². The van der Waals surface area contributed by atoms with Gasteiger partial charge in [0, 0.05) is 32.6 Å². The maximum absolute atomic E-state index is 13.1. The number of amides is 2. The molecule has 0 aliphatic carbocycles. The van der Waals surface area contributed by atoms with Gasteiger partial charge < -0.3 is 19.7 Å². The minimum atomic E-state index is -3.57. The number of hydrogen-bond donors (Lipinski definition) is 1. The minimum Gasteiger partial charge on any atom is -0.497 e. The second-order valence-corrected chi connectivity index (χ2v) is 9.71. The van der Waals surface area contributed by atoms with Crippen LogP contribution in [0, 0.1) is 0 Å². The van der Waals surface area contributed by atoms with Gasteiger partial charge >= 0.3 is 0 Å². The largest absolute Gasteiger partial charge is 0.497 e. The number of hydrogen-bond acceptors (Lipinski definition) is 6. The van der Waals surface area contributed by atoms with Crippen LogP contribution in [0.25, 0.3) is 0 Å². The molecule has 10 heteroatoms. The summed E-state index contributed by atoms with van der Waals surface area (Å²) in [5.41, 5.74) is 1.31. The quantitative estimate of drug-likeness (QED) is 0.489. The van der Waals surface area contributed by atoms with Crippen molar-refractivity contribution in [2.75, 3.05) is 38.4 Å². The Balaban J connectivity index is 2.15. The summed E-state index contributed by atoms with van der Waals surface area (Å²) in [6, 6.07) is 13.3. The highest BCUT2D eigenvalue weighted by Gasteiger charge is 2.26. The van der Waals surface area contributed by atoms with Crippen LogP contribution in [0.3, 0.4) is 0 Å². The monoisotopic (exact) mass is 491 g/mol. The molecule has 0 bridgehead atoms. The fourth-order valence-corrected chi connectivity index (χ4v) is 4.45. The third-order valence-electron chi connectivity index (χ3n) is 5.42. The zero-order valence-corrected chi connectivity index (χ0v) is 21.1. The molecule has 0 spiro atoms. The zero-order valence-electron chi connectivity index (χ0n) is 20.3. The number of ether oxygens (including phenoxy) is 2. The standard InChI is InChI=1S/C24H33N3O6S/c1-18(24(29)25-2)26(17-19-11-13-21(32-3)14-12-19)23(28)10-7-15-27(34(5,30)31)20-8-6-9-22(16-20)33-4/h6,8-9,11-14,16,18H,7,10,15,17H2,1-5H3,(H,25,29). The highest BCUT2D eigenvalue weighted by Crippen LogP contribution is 2.24. The number of nitrogens with one attached hydrogen (secondary N) is 1. The molecule has 9 nitrogen and oxygen atoms in total. The molecule has 2 aromatic rings. The van der Waals surface area contributed by atoms with E-state index in [1.165, 1.54) is 23.4 Å². The number of nitrogens with zero attached hydrogens (tertiary/aromatic N) is 2. The molecule has 2 rings (SSSR count). The maximum atomic E-state index is 13.1. The summed E-state index contributed by atoms with van der Waals surface area (Å²) in [7, 11) is 1.03. The molecule has 0 radical (unpaired) electrons. The molecule has 2 aromatic carbocycles. The van der Waals surface area contributed by atoms with Gasteiger partial charge in [0.25, 0.3) is 0 Å². The molecular weight excluding hydrogens is 458 g/mol. The molecule has 0 heterocycles. The Labute approximate surface area is 201 Å². The molecule has 0 aromatic heterocycles. The molecule has 0 saturated heterocycles. The number of methoxy groups -OCH3 is 2. The number of likely N-dealkylation sites (N-methyl/N-ethyl adjacent to an activating group) is 1. The normalized spacial score (nSPS) is 11.9. The molecule has 186 valence electrons. The smallest absolute Gasteiger partial charge is 0.242 e. The Hall–Kier alpha value is -3.27. The van der Waals surface area contributed by atoms with E-state index in [-0.39, 0.29) is 37.7 Å². The molecule has 1 unspecified atom stereocenters. The summed E-state index contributed by atoms with van der Waals surface area (Å²) < 4.78 is 36.4. The van der Waals surface area contributed by atoms with E-state index in [1.54, 1.807) is 50.4 Å². The van der Waals surface area contributed by atoms with Crippen LogP contribution in [0.4, 0.5) is 5.69 Å². The molecule has 1 N–H and O–H groups in total. The van der Waals surface area contributed by atoms with Crippen LogP contribution in [-0.2, 0) is 26.2 Å². The Bertz CT molecular complexity index is 1070. The molecule has 1 atom stereocenters. The molecule has 0 aliphatic rings. The lowest BCUT2D eigenvalue weighted by molar-refractivity contribution is -0.140. The first-order valence-corrected chi connectivity index (χ1v) is 12.7. The van der Waals surface area contributed by atoms with Gasteiger partial charge in [-0.1, -0.05) is 18.2 Å². The van der Waals surface area contributed by atoms with E-state index in [2.05, 4.69) is 5.32 Å². The number of sulfonamides is 1. The van der Waals surface area contributed by atoms with Gasteiger partial charge in [0.15, 0.2) is 0 Å². The number of anilines is 1. The first-order valence-electron chi connectivity index (χ1n) is 10.9. The van der Waals surface area contributed by atoms with Crippen molar-refractivity contribution in [3.8, 4) is 11.5 Å². The summed E-state index contributed by atoms with van der Waals surface area (Å²) in [6.07, 6.45) is 1.48. The summed E-state index contributed by atoms with van der Waals surface area (Å²) >= 11 is 0. The first-order chi connectivity index (χ1) is 16.1. The lowest BCUT2D eigenvalue weighted by atomic mass is 10.1. The van der Waals surface area contributed by atoms with Crippen LogP contribution in [0.2, 0.25) is 0 Å². The second-order valence-electron chi connectivity index (χ2n) is 7.80. The summed E-state index contributed by atoms with van der Waals surface area (Å²) in [5, 5.41) is 2.58. The SMILES string of the molecule is CNC(=O)C(C)N(Cc1ccc(OC)cc1)C(=O)CCCN(c1cccc(OC)c1)S(C)(=O)=O. The van der Waals surface area contributed by atoms with E-state index < -0.39 is 16.1 Å². The summed E-state index contributed by atoms with van der Waals surface area (Å²) in [4.78, 5) is 26.9.